The lowest BCUT2D eigenvalue weighted by Crippen LogP contribution is -2.43. The van der Waals surface area contributed by atoms with E-state index in [0.29, 0.717) is 11.3 Å². The Kier molecular flexibility index (Phi) is 5.85. The largest absolute Gasteiger partial charge is 0.380 e. The number of carbonyl (C=O) groups excluding carboxylic acids is 1. The number of para-hydroxylation sites is 1. The quantitative estimate of drug-likeness (QED) is 0.308. The molecule has 37 heavy (non-hydrogen) atoms. The van der Waals surface area contributed by atoms with Crippen molar-refractivity contribution in [1.29, 1.82) is 0 Å². The first-order valence-electron chi connectivity index (χ1n) is 12.8. The van der Waals surface area contributed by atoms with E-state index in [9.17, 15) is 4.79 Å². The predicted octanol–water partition coefficient (Wildman–Crippen LogP) is 5.33. The van der Waals surface area contributed by atoms with Crippen LogP contribution >= 0.6 is 0 Å². The Labute approximate surface area is 215 Å². The van der Waals surface area contributed by atoms with Gasteiger partial charge < -0.3 is 21.4 Å². The number of aryl methyl sites for hydroxylation is 1. The third-order valence-corrected chi connectivity index (χ3v) is 7.48. The smallest absolute Gasteiger partial charge is 0.250 e. The van der Waals surface area contributed by atoms with Crippen molar-refractivity contribution < 1.29 is 4.79 Å². The van der Waals surface area contributed by atoms with Gasteiger partial charge in [-0.15, -0.1) is 0 Å². The Morgan fingerprint density at radius 3 is 2.73 bits per heavy atom. The molecule has 0 spiro atoms. The molecule has 7 heteroatoms. The Morgan fingerprint density at radius 2 is 1.89 bits per heavy atom. The van der Waals surface area contributed by atoms with E-state index in [2.05, 4.69) is 40.1 Å². The van der Waals surface area contributed by atoms with Gasteiger partial charge in [0.2, 0.25) is 0 Å². The summed E-state index contributed by atoms with van der Waals surface area (Å²) in [4.78, 5) is 21.7. The molecule has 0 bridgehead atoms. The Hall–Kier alpha value is -4.23. The number of hydrogen-bond acceptors (Lipinski definition) is 5. The van der Waals surface area contributed by atoms with E-state index in [1.54, 1.807) is 6.07 Å². The Morgan fingerprint density at radius 1 is 1.05 bits per heavy atom. The van der Waals surface area contributed by atoms with Crippen LogP contribution < -0.4 is 16.8 Å². The molecule has 1 saturated carbocycles. The average molecular weight is 491 g/mol. The van der Waals surface area contributed by atoms with Gasteiger partial charge in [0, 0.05) is 58.4 Å². The molecule has 1 amide bonds. The number of nitrogens with two attached hydrogens (primary N) is 2. The zero-order valence-corrected chi connectivity index (χ0v) is 20.8. The third-order valence-electron chi connectivity index (χ3n) is 7.48. The van der Waals surface area contributed by atoms with Crippen LogP contribution in [-0.4, -0.2) is 32.5 Å². The number of carbonyl (C=O) groups is 1. The minimum Gasteiger partial charge on any atom is -0.380 e. The van der Waals surface area contributed by atoms with Crippen LogP contribution in [-0.2, 0) is 0 Å². The van der Waals surface area contributed by atoms with E-state index in [1.165, 1.54) is 0 Å². The molecular weight excluding hydrogens is 460 g/mol. The number of nitrogens with one attached hydrogen (secondary N) is 1. The molecule has 7 nitrogen and oxygen atoms in total. The monoisotopic (exact) mass is 490 g/mol. The second kappa shape index (κ2) is 9.33. The maximum absolute atomic E-state index is 12.2. The zero-order valence-electron chi connectivity index (χ0n) is 20.8. The molecule has 5 N–H and O–H groups in total. The first-order valence-corrected chi connectivity index (χ1v) is 12.8. The fourth-order valence-electron chi connectivity index (χ4n) is 5.55. The summed E-state index contributed by atoms with van der Waals surface area (Å²) in [6.07, 6.45) is 10.0. The number of fused-ring (bicyclic) bond motifs is 2. The number of rotatable bonds is 5. The molecular formula is C30H30N6O. The van der Waals surface area contributed by atoms with E-state index < -0.39 is 5.91 Å². The molecule has 0 aliphatic heterocycles. The molecule has 186 valence electrons. The van der Waals surface area contributed by atoms with Crippen molar-refractivity contribution >= 4 is 33.5 Å². The first kappa shape index (κ1) is 23.2. The molecule has 1 aliphatic rings. The number of pyridine rings is 2. The van der Waals surface area contributed by atoms with Crippen molar-refractivity contribution in [2.45, 2.75) is 44.7 Å². The highest BCUT2D eigenvalue weighted by Gasteiger charge is 2.24. The summed E-state index contributed by atoms with van der Waals surface area (Å²) in [7, 11) is 0. The standard InChI is InChI=1S/C30H30N6O/c1-18-17-36(21-10-11-23(29(32)37)27(15-21)35-26-9-5-3-7-24(26)31)30-28(18)22(12-13-33-30)20-14-19-6-2-4-8-25(19)34-16-20/h2,4,6,8,10-17,24,26,35H,3,5,7,9,31H2,1H3,(H2,32,37). The van der Waals surface area contributed by atoms with Crippen LogP contribution in [0.4, 0.5) is 5.69 Å². The van der Waals surface area contributed by atoms with Gasteiger partial charge in [-0.2, -0.15) is 0 Å². The summed E-state index contributed by atoms with van der Waals surface area (Å²) in [5, 5.41) is 5.70. The fraction of sp³-hybridized carbons (Fsp3) is 0.233. The van der Waals surface area contributed by atoms with Crippen LogP contribution in [0.5, 0.6) is 0 Å². The molecule has 1 aliphatic carbocycles. The van der Waals surface area contributed by atoms with Gasteiger partial charge in [0.05, 0.1) is 11.1 Å². The topological polar surface area (TPSA) is 112 Å². The zero-order chi connectivity index (χ0) is 25.5. The highest BCUT2D eigenvalue weighted by molar-refractivity contribution is 6.00. The summed E-state index contributed by atoms with van der Waals surface area (Å²) in [6.45, 7) is 2.09. The second-order valence-corrected chi connectivity index (χ2v) is 9.95. The fourth-order valence-corrected chi connectivity index (χ4v) is 5.55. The number of primary amides is 1. The van der Waals surface area contributed by atoms with E-state index in [1.807, 2.05) is 48.8 Å². The molecule has 0 radical (unpaired) electrons. The number of aromatic nitrogens is 3. The van der Waals surface area contributed by atoms with Crippen LogP contribution in [0.2, 0.25) is 0 Å². The minimum atomic E-state index is -0.462. The van der Waals surface area contributed by atoms with Gasteiger partial charge in [-0.3, -0.25) is 9.78 Å². The minimum absolute atomic E-state index is 0.0487. The van der Waals surface area contributed by atoms with Gasteiger partial charge in [0.15, 0.2) is 0 Å². The van der Waals surface area contributed by atoms with Crippen molar-refractivity contribution in [1.82, 2.24) is 14.5 Å². The SMILES string of the molecule is Cc1cn(-c2ccc(C(N)=O)c(NC3CCCCC3N)c2)c2nccc(-c3cnc4ccccc4c3)c12. The van der Waals surface area contributed by atoms with Crippen molar-refractivity contribution in [2.75, 3.05) is 5.32 Å². The third kappa shape index (κ3) is 4.21. The molecule has 3 aromatic heterocycles. The number of nitrogens with zero attached hydrogens (tertiary/aromatic N) is 3. The molecule has 6 rings (SSSR count). The van der Waals surface area contributed by atoms with Crippen LogP contribution in [0.25, 0.3) is 38.8 Å². The number of anilines is 1. The maximum atomic E-state index is 12.2. The van der Waals surface area contributed by atoms with Crippen LogP contribution in [0.15, 0.2) is 73.2 Å². The lowest BCUT2D eigenvalue weighted by atomic mass is 9.90. The Bertz CT molecular complexity index is 1640. The van der Waals surface area contributed by atoms with Crippen molar-refractivity contribution in [3.8, 4) is 16.8 Å². The lowest BCUT2D eigenvalue weighted by molar-refractivity contribution is 0.100. The van der Waals surface area contributed by atoms with Crippen LogP contribution in [0, 0.1) is 6.92 Å². The second-order valence-electron chi connectivity index (χ2n) is 9.95. The highest BCUT2D eigenvalue weighted by Crippen LogP contribution is 2.34. The van der Waals surface area contributed by atoms with E-state index in [0.717, 1.165) is 70.0 Å². The molecule has 0 saturated heterocycles. The van der Waals surface area contributed by atoms with Gasteiger partial charge in [-0.1, -0.05) is 31.0 Å². The molecule has 3 heterocycles. The molecule has 2 unspecified atom stereocenters. The van der Waals surface area contributed by atoms with Gasteiger partial charge in [0.25, 0.3) is 5.91 Å². The highest BCUT2D eigenvalue weighted by atomic mass is 16.1. The van der Waals surface area contributed by atoms with E-state index in [4.69, 9.17) is 16.5 Å². The summed E-state index contributed by atoms with van der Waals surface area (Å²) in [6, 6.07) is 18.2. The van der Waals surface area contributed by atoms with Crippen LogP contribution in [0.3, 0.4) is 0 Å². The van der Waals surface area contributed by atoms with Gasteiger partial charge in [-0.05, 0) is 67.3 Å². The summed E-state index contributed by atoms with van der Waals surface area (Å²) in [5.41, 5.74) is 19.2. The van der Waals surface area contributed by atoms with E-state index in [-0.39, 0.29) is 12.1 Å². The first-order chi connectivity index (χ1) is 18.0. The van der Waals surface area contributed by atoms with Crippen molar-refractivity contribution in [3.05, 3.63) is 84.3 Å². The molecule has 1 fully saturated rings. The Balaban J connectivity index is 1.45. The van der Waals surface area contributed by atoms with Crippen molar-refractivity contribution in [2.24, 2.45) is 11.5 Å². The molecule has 5 aromatic rings. The van der Waals surface area contributed by atoms with Gasteiger partial charge in [0.1, 0.15) is 5.65 Å². The predicted molar refractivity (Wildman–Crippen MR) is 149 cm³/mol. The maximum Gasteiger partial charge on any atom is 0.250 e. The normalized spacial score (nSPS) is 17.8. The summed E-state index contributed by atoms with van der Waals surface area (Å²) >= 11 is 0. The van der Waals surface area contributed by atoms with E-state index >= 15 is 0 Å². The van der Waals surface area contributed by atoms with Crippen LogP contribution in [0.1, 0.15) is 41.6 Å². The molecule has 2 atom stereocenters. The summed E-state index contributed by atoms with van der Waals surface area (Å²) < 4.78 is 2.07. The van der Waals surface area contributed by atoms with Gasteiger partial charge in [-0.25, -0.2) is 4.98 Å². The summed E-state index contributed by atoms with van der Waals surface area (Å²) in [5.74, 6) is -0.462. The van der Waals surface area contributed by atoms with Gasteiger partial charge >= 0.3 is 0 Å². The number of benzene rings is 2. The molecule has 2 aromatic carbocycles. The average Bonchev–Trinajstić information content (AvgIpc) is 3.26. The lowest BCUT2D eigenvalue weighted by Gasteiger charge is -2.31. The number of amides is 1. The number of hydrogen-bond donors (Lipinski definition) is 3. The van der Waals surface area contributed by atoms with Crippen molar-refractivity contribution in [3.63, 3.8) is 0 Å².